The molecular weight excluding hydrogens is 436 g/mol. The SMILES string of the molecule is Cc1cc(-c2[nH]nc(-c3ncc(C(C)N(C)CC(=O)N(C)C)s3)c2C(C)C)cn2ncnc12. The molecule has 33 heavy (non-hydrogen) atoms. The van der Waals surface area contributed by atoms with E-state index in [4.69, 9.17) is 4.98 Å². The molecule has 0 bridgehead atoms. The van der Waals surface area contributed by atoms with Gasteiger partial charge in [-0.3, -0.25) is 14.8 Å². The Bertz CT molecular complexity index is 1280. The Morgan fingerprint density at radius 2 is 1.97 bits per heavy atom. The molecule has 0 saturated heterocycles. The van der Waals surface area contributed by atoms with Gasteiger partial charge in [0.05, 0.1) is 12.2 Å². The molecular formula is C23H30N8OS. The molecule has 0 spiro atoms. The van der Waals surface area contributed by atoms with Gasteiger partial charge < -0.3 is 4.90 Å². The van der Waals surface area contributed by atoms with Crippen molar-refractivity contribution in [2.45, 2.75) is 39.7 Å². The fraction of sp³-hybridized carbons (Fsp3) is 0.435. The van der Waals surface area contributed by atoms with E-state index in [2.05, 4.69) is 47.1 Å². The molecule has 1 atom stereocenters. The highest BCUT2D eigenvalue weighted by molar-refractivity contribution is 7.15. The molecule has 1 N–H and O–H groups in total. The average molecular weight is 467 g/mol. The van der Waals surface area contributed by atoms with Crippen LogP contribution in [-0.2, 0) is 4.79 Å². The number of aromatic nitrogens is 6. The predicted molar refractivity (Wildman–Crippen MR) is 130 cm³/mol. The zero-order chi connectivity index (χ0) is 23.9. The highest BCUT2D eigenvalue weighted by Gasteiger charge is 2.24. The number of pyridine rings is 1. The van der Waals surface area contributed by atoms with Crippen LogP contribution in [0.4, 0.5) is 0 Å². The summed E-state index contributed by atoms with van der Waals surface area (Å²) in [4.78, 5) is 25.9. The summed E-state index contributed by atoms with van der Waals surface area (Å²) in [5.74, 6) is 0.318. The lowest BCUT2D eigenvalue weighted by Crippen LogP contribution is -2.35. The molecule has 0 radical (unpaired) electrons. The molecule has 10 heteroatoms. The van der Waals surface area contributed by atoms with E-state index < -0.39 is 0 Å². The molecule has 4 rings (SSSR count). The van der Waals surface area contributed by atoms with Crippen LogP contribution in [0.5, 0.6) is 0 Å². The van der Waals surface area contributed by atoms with Gasteiger partial charge in [0, 0.05) is 48.5 Å². The number of fused-ring (bicyclic) bond motifs is 1. The van der Waals surface area contributed by atoms with Gasteiger partial charge in [-0.1, -0.05) is 13.8 Å². The van der Waals surface area contributed by atoms with Crippen LogP contribution in [0.2, 0.25) is 0 Å². The second kappa shape index (κ2) is 9.03. The second-order valence-corrected chi connectivity index (χ2v) is 9.96. The number of likely N-dealkylation sites (N-methyl/N-ethyl adjacent to an activating group) is 2. The first-order chi connectivity index (χ1) is 15.7. The maximum atomic E-state index is 12.1. The summed E-state index contributed by atoms with van der Waals surface area (Å²) in [7, 11) is 5.51. The van der Waals surface area contributed by atoms with E-state index in [-0.39, 0.29) is 17.9 Å². The van der Waals surface area contributed by atoms with Crippen LogP contribution in [0.1, 0.15) is 48.7 Å². The normalized spacial score (nSPS) is 12.8. The minimum absolute atomic E-state index is 0.0680. The number of H-pyrrole nitrogens is 1. The average Bonchev–Trinajstić information content (AvgIpc) is 3.50. The highest BCUT2D eigenvalue weighted by Crippen LogP contribution is 2.38. The van der Waals surface area contributed by atoms with Crippen molar-refractivity contribution in [1.29, 1.82) is 0 Å². The molecule has 0 aliphatic heterocycles. The van der Waals surface area contributed by atoms with Gasteiger partial charge in [0.1, 0.15) is 17.0 Å². The first-order valence-corrected chi connectivity index (χ1v) is 11.7. The molecule has 4 heterocycles. The Hall–Kier alpha value is -3.11. The maximum Gasteiger partial charge on any atom is 0.236 e. The molecule has 4 aromatic heterocycles. The summed E-state index contributed by atoms with van der Waals surface area (Å²) in [6.45, 7) is 8.81. The molecule has 0 saturated carbocycles. The molecule has 0 aliphatic carbocycles. The topological polar surface area (TPSA) is 95.3 Å². The number of amides is 1. The van der Waals surface area contributed by atoms with Crippen LogP contribution in [0.25, 0.3) is 27.6 Å². The number of thiazole rings is 1. The third-order valence-electron chi connectivity index (χ3n) is 5.91. The van der Waals surface area contributed by atoms with E-state index in [0.717, 1.165) is 43.6 Å². The van der Waals surface area contributed by atoms with Gasteiger partial charge >= 0.3 is 0 Å². The lowest BCUT2D eigenvalue weighted by molar-refractivity contribution is -0.130. The van der Waals surface area contributed by atoms with Gasteiger partial charge in [-0.05, 0) is 38.4 Å². The molecule has 0 aliphatic rings. The van der Waals surface area contributed by atoms with Gasteiger partial charge in [0.2, 0.25) is 5.91 Å². The van der Waals surface area contributed by atoms with Crippen molar-refractivity contribution in [3.05, 3.63) is 40.8 Å². The number of rotatable bonds is 7. The maximum absolute atomic E-state index is 12.1. The van der Waals surface area contributed by atoms with E-state index >= 15 is 0 Å². The number of carbonyl (C=O) groups excluding carboxylic acids is 1. The van der Waals surface area contributed by atoms with Crippen molar-refractivity contribution in [3.63, 3.8) is 0 Å². The van der Waals surface area contributed by atoms with E-state index in [1.54, 1.807) is 41.2 Å². The number of hydrogen-bond donors (Lipinski definition) is 1. The molecule has 1 amide bonds. The lowest BCUT2D eigenvalue weighted by Gasteiger charge is -2.24. The Labute approximate surface area is 197 Å². The standard InChI is InChI=1S/C23H30N8OS/c1-13(2)19-20(16-8-14(3)22-25-12-26-31(22)10-16)27-28-21(19)23-24-9-17(33-23)15(4)30(7)11-18(32)29(5)6/h8-10,12-13,15H,11H2,1-7H3,(H,27,28). The van der Waals surface area contributed by atoms with E-state index in [0.29, 0.717) is 6.54 Å². The minimum atomic E-state index is 0.0680. The molecule has 0 fully saturated rings. The predicted octanol–water partition coefficient (Wildman–Crippen LogP) is 3.76. The Morgan fingerprint density at radius 1 is 1.21 bits per heavy atom. The molecule has 1 unspecified atom stereocenters. The van der Waals surface area contributed by atoms with E-state index in [1.807, 2.05) is 31.3 Å². The van der Waals surface area contributed by atoms with Crippen LogP contribution in [0, 0.1) is 6.92 Å². The van der Waals surface area contributed by atoms with E-state index in [9.17, 15) is 4.79 Å². The summed E-state index contributed by atoms with van der Waals surface area (Å²) in [5.41, 5.74) is 5.88. The summed E-state index contributed by atoms with van der Waals surface area (Å²) < 4.78 is 1.79. The Morgan fingerprint density at radius 3 is 2.67 bits per heavy atom. The summed E-state index contributed by atoms with van der Waals surface area (Å²) >= 11 is 1.62. The van der Waals surface area contributed by atoms with Crippen LogP contribution < -0.4 is 0 Å². The first-order valence-electron chi connectivity index (χ1n) is 10.9. The van der Waals surface area contributed by atoms with Crippen LogP contribution in [-0.4, -0.2) is 73.2 Å². The van der Waals surface area contributed by atoms with Crippen LogP contribution in [0.15, 0.2) is 24.8 Å². The quantitative estimate of drug-likeness (QED) is 0.446. The second-order valence-electron chi connectivity index (χ2n) is 8.90. The van der Waals surface area contributed by atoms with Gasteiger partial charge in [-0.2, -0.15) is 10.2 Å². The summed E-state index contributed by atoms with van der Waals surface area (Å²) in [5, 5.41) is 13.1. The van der Waals surface area contributed by atoms with Crippen LogP contribution in [0.3, 0.4) is 0 Å². The number of nitrogens with zero attached hydrogens (tertiary/aromatic N) is 7. The Balaban J connectivity index is 1.67. The zero-order valence-corrected chi connectivity index (χ0v) is 20.9. The van der Waals surface area contributed by atoms with Crippen molar-refractivity contribution in [2.24, 2.45) is 0 Å². The zero-order valence-electron chi connectivity index (χ0n) is 20.1. The third-order valence-corrected chi connectivity index (χ3v) is 7.09. The van der Waals surface area contributed by atoms with Crippen molar-refractivity contribution in [1.82, 2.24) is 39.6 Å². The summed E-state index contributed by atoms with van der Waals surface area (Å²) in [6.07, 6.45) is 5.44. The first kappa shape index (κ1) is 23.1. The molecule has 9 nitrogen and oxygen atoms in total. The lowest BCUT2D eigenvalue weighted by atomic mass is 9.97. The largest absolute Gasteiger partial charge is 0.348 e. The number of nitrogens with one attached hydrogen (secondary N) is 1. The van der Waals surface area contributed by atoms with Crippen LogP contribution >= 0.6 is 11.3 Å². The third kappa shape index (κ3) is 4.40. The van der Waals surface area contributed by atoms with Gasteiger partial charge in [-0.25, -0.2) is 14.5 Å². The number of aryl methyl sites for hydroxylation is 1. The molecule has 0 aromatic carbocycles. The van der Waals surface area contributed by atoms with Gasteiger partial charge in [0.15, 0.2) is 5.65 Å². The molecule has 174 valence electrons. The van der Waals surface area contributed by atoms with Crippen molar-refractivity contribution in [2.75, 3.05) is 27.7 Å². The van der Waals surface area contributed by atoms with E-state index in [1.165, 1.54) is 0 Å². The van der Waals surface area contributed by atoms with Gasteiger partial charge in [0.25, 0.3) is 0 Å². The minimum Gasteiger partial charge on any atom is -0.348 e. The fourth-order valence-corrected chi connectivity index (χ4v) is 4.86. The van der Waals surface area contributed by atoms with Crippen molar-refractivity contribution in [3.8, 4) is 22.0 Å². The van der Waals surface area contributed by atoms with Crippen molar-refractivity contribution < 1.29 is 4.79 Å². The van der Waals surface area contributed by atoms with Gasteiger partial charge in [-0.15, -0.1) is 11.3 Å². The smallest absolute Gasteiger partial charge is 0.236 e. The highest BCUT2D eigenvalue weighted by atomic mass is 32.1. The summed E-state index contributed by atoms with van der Waals surface area (Å²) in [6, 6.07) is 2.18. The van der Waals surface area contributed by atoms with Crippen molar-refractivity contribution >= 4 is 22.9 Å². The fourth-order valence-electron chi connectivity index (χ4n) is 3.82. The molecule has 4 aromatic rings. The number of hydrogen-bond acceptors (Lipinski definition) is 7. The number of aromatic amines is 1. The monoisotopic (exact) mass is 466 g/mol. The Kier molecular flexibility index (Phi) is 6.31. The number of carbonyl (C=O) groups is 1.